The lowest BCUT2D eigenvalue weighted by molar-refractivity contribution is 0.419. The van der Waals surface area contributed by atoms with Gasteiger partial charge in [-0.25, -0.2) is 0 Å². The molecular formula is C17H23N3. The molecule has 1 N–H and O–H groups in total. The molecule has 1 heterocycles. The molecule has 0 bridgehead atoms. The number of nitrogens with zero attached hydrogens (tertiary/aromatic N) is 2. The molecule has 1 aliphatic carbocycles. The molecule has 1 saturated carbocycles. The van der Waals surface area contributed by atoms with E-state index in [4.69, 9.17) is 0 Å². The van der Waals surface area contributed by atoms with Crippen LogP contribution in [0.15, 0.2) is 36.7 Å². The predicted octanol–water partition coefficient (Wildman–Crippen LogP) is 3.39. The van der Waals surface area contributed by atoms with Crippen molar-refractivity contribution in [1.29, 1.82) is 0 Å². The van der Waals surface area contributed by atoms with E-state index in [1.807, 2.05) is 17.9 Å². The van der Waals surface area contributed by atoms with Crippen LogP contribution in [-0.4, -0.2) is 16.3 Å². The summed E-state index contributed by atoms with van der Waals surface area (Å²) in [5, 5.41) is 7.84. The number of rotatable bonds is 5. The van der Waals surface area contributed by atoms with Crippen molar-refractivity contribution >= 4 is 0 Å². The number of benzene rings is 1. The smallest absolute Gasteiger partial charge is 0.0607 e. The summed E-state index contributed by atoms with van der Waals surface area (Å²) in [6.45, 7) is 3.09. The Kier molecular flexibility index (Phi) is 3.88. The largest absolute Gasteiger partial charge is 0.306 e. The molecule has 0 radical (unpaired) electrons. The third-order valence-corrected chi connectivity index (χ3v) is 4.31. The van der Waals surface area contributed by atoms with Gasteiger partial charge in [-0.05, 0) is 36.4 Å². The maximum absolute atomic E-state index is 4.29. The van der Waals surface area contributed by atoms with E-state index in [9.17, 15) is 0 Å². The van der Waals surface area contributed by atoms with Crippen molar-refractivity contribution in [3.63, 3.8) is 0 Å². The zero-order valence-corrected chi connectivity index (χ0v) is 12.3. The van der Waals surface area contributed by atoms with E-state index in [2.05, 4.69) is 47.8 Å². The quantitative estimate of drug-likeness (QED) is 0.901. The van der Waals surface area contributed by atoms with Crippen LogP contribution in [0.4, 0.5) is 0 Å². The third-order valence-electron chi connectivity index (χ3n) is 4.31. The Balaban J connectivity index is 1.83. The SMILES string of the molecule is CCNC(c1ccc(C2CCC2)cc1)c1cnn(C)c1. The average molecular weight is 269 g/mol. The molecule has 106 valence electrons. The Morgan fingerprint density at radius 3 is 2.50 bits per heavy atom. The van der Waals surface area contributed by atoms with E-state index >= 15 is 0 Å². The molecule has 20 heavy (non-hydrogen) atoms. The first-order chi connectivity index (χ1) is 9.78. The van der Waals surface area contributed by atoms with Crippen molar-refractivity contribution < 1.29 is 0 Å². The number of hydrogen-bond acceptors (Lipinski definition) is 2. The van der Waals surface area contributed by atoms with Crippen LogP contribution in [0.5, 0.6) is 0 Å². The van der Waals surface area contributed by atoms with Gasteiger partial charge in [0.15, 0.2) is 0 Å². The lowest BCUT2D eigenvalue weighted by atomic mass is 9.79. The maximum Gasteiger partial charge on any atom is 0.0607 e. The van der Waals surface area contributed by atoms with Gasteiger partial charge >= 0.3 is 0 Å². The highest BCUT2D eigenvalue weighted by atomic mass is 15.2. The van der Waals surface area contributed by atoms with E-state index in [1.165, 1.54) is 36.0 Å². The highest BCUT2D eigenvalue weighted by molar-refractivity contribution is 5.33. The van der Waals surface area contributed by atoms with Crippen LogP contribution >= 0.6 is 0 Å². The number of hydrogen-bond donors (Lipinski definition) is 1. The Hall–Kier alpha value is -1.61. The van der Waals surface area contributed by atoms with E-state index in [0.29, 0.717) is 0 Å². The monoisotopic (exact) mass is 269 g/mol. The molecule has 1 fully saturated rings. The van der Waals surface area contributed by atoms with E-state index in [1.54, 1.807) is 0 Å². The lowest BCUT2D eigenvalue weighted by Gasteiger charge is -2.26. The highest BCUT2D eigenvalue weighted by Crippen LogP contribution is 2.36. The molecule has 2 aromatic rings. The molecule has 1 atom stereocenters. The molecular weight excluding hydrogens is 246 g/mol. The van der Waals surface area contributed by atoms with Gasteiger partial charge in [0.1, 0.15) is 0 Å². The average Bonchev–Trinajstić information content (AvgIpc) is 2.82. The van der Waals surface area contributed by atoms with Crippen molar-refractivity contribution in [2.75, 3.05) is 6.54 Å². The predicted molar refractivity (Wildman–Crippen MR) is 81.8 cm³/mol. The second-order valence-electron chi connectivity index (χ2n) is 5.73. The zero-order valence-electron chi connectivity index (χ0n) is 12.3. The molecule has 1 unspecified atom stereocenters. The molecule has 0 saturated heterocycles. The summed E-state index contributed by atoms with van der Waals surface area (Å²) >= 11 is 0. The second-order valence-corrected chi connectivity index (χ2v) is 5.73. The van der Waals surface area contributed by atoms with Gasteiger partial charge in [-0.3, -0.25) is 4.68 Å². The molecule has 3 rings (SSSR count). The zero-order chi connectivity index (χ0) is 13.9. The molecule has 0 amide bonds. The Labute approximate surface area is 121 Å². The van der Waals surface area contributed by atoms with Gasteiger partial charge in [0, 0.05) is 18.8 Å². The van der Waals surface area contributed by atoms with Gasteiger partial charge in [-0.1, -0.05) is 37.6 Å². The number of aromatic nitrogens is 2. The van der Waals surface area contributed by atoms with Crippen LogP contribution in [0.3, 0.4) is 0 Å². The summed E-state index contributed by atoms with van der Waals surface area (Å²) in [6, 6.07) is 9.39. The normalized spacial score (nSPS) is 16.9. The van der Waals surface area contributed by atoms with Gasteiger partial charge in [-0.15, -0.1) is 0 Å². The molecule has 3 nitrogen and oxygen atoms in total. The minimum absolute atomic E-state index is 0.240. The fourth-order valence-electron chi connectivity index (χ4n) is 2.92. The minimum atomic E-state index is 0.240. The standard InChI is InChI=1S/C17H23N3/c1-3-18-17(16-11-19-20(2)12-16)15-9-7-14(8-10-15)13-5-4-6-13/h7-13,17-18H,3-6H2,1-2H3. The fraction of sp³-hybridized carbons (Fsp3) is 0.471. The Morgan fingerprint density at radius 2 is 2.00 bits per heavy atom. The van der Waals surface area contributed by atoms with Crippen LogP contribution in [0, 0.1) is 0 Å². The molecule has 0 spiro atoms. The van der Waals surface area contributed by atoms with Crippen LogP contribution in [0.1, 0.15) is 54.8 Å². The summed E-state index contributed by atoms with van der Waals surface area (Å²) in [5.41, 5.74) is 4.05. The first kappa shape index (κ1) is 13.4. The first-order valence-electron chi connectivity index (χ1n) is 7.59. The third kappa shape index (κ3) is 2.63. The fourth-order valence-corrected chi connectivity index (χ4v) is 2.92. The van der Waals surface area contributed by atoms with Gasteiger partial charge in [0.05, 0.1) is 12.2 Å². The van der Waals surface area contributed by atoms with E-state index < -0.39 is 0 Å². The minimum Gasteiger partial charge on any atom is -0.306 e. The summed E-state index contributed by atoms with van der Waals surface area (Å²) in [6.07, 6.45) is 8.15. The summed E-state index contributed by atoms with van der Waals surface area (Å²) in [5.74, 6) is 0.806. The van der Waals surface area contributed by atoms with Gasteiger partial charge < -0.3 is 5.32 Å². The maximum atomic E-state index is 4.29. The van der Waals surface area contributed by atoms with Gasteiger partial charge in [0.2, 0.25) is 0 Å². The Morgan fingerprint density at radius 1 is 1.25 bits per heavy atom. The summed E-state index contributed by atoms with van der Waals surface area (Å²) < 4.78 is 1.86. The second kappa shape index (κ2) is 5.80. The van der Waals surface area contributed by atoms with Crippen LogP contribution in [-0.2, 0) is 7.05 Å². The summed E-state index contributed by atoms with van der Waals surface area (Å²) in [4.78, 5) is 0. The van der Waals surface area contributed by atoms with Crippen molar-refractivity contribution in [1.82, 2.24) is 15.1 Å². The summed E-state index contributed by atoms with van der Waals surface area (Å²) in [7, 11) is 1.96. The lowest BCUT2D eigenvalue weighted by Crippen LogP contribution is -2.21. The van der Waals surface area contributed by atoms with Crippen LogP contribution in [0.25, 0.3) is 0 Å². The number of aryl methyl sites for hydroxylation is 1. The highest BCUT2D eigenvalue weighted by Gasteiger charge is 2.20. The molecule has 0 aliphatic heterocycles. The topological polar surface area (TPSA) is 29.9 Å². The molecule has 1 aromatic carbocycles. The molecule has 1 aromatic heterocycles. The van der Waals surface area contributed by atoms with Crippen molar-refractivity contribution in [3.8, 4) is 0 Å². The van der Waals surface area contributed by atoms with Crippen molar-refractivity contribution in [3.05, 3.63) is 53.3 Å². The first-order valence-corrected chi connectivity index (χ1v) is 7.59. The van der Waals surface area contributed by atoms with Gasteiger partial charge in [-0.2, -0.15) is 5.10 Å². The number of nitrogens with one attached hydrogen (secondary N) is 1. The molecule has 3 heteroatoms. The van der Waals surface area contributed by atoms with E-state index in [-0.39, 0.29) is 6.04 Å². The van der Waals surface area contributed by atoms with Crippen LogP contribution in [0.2, 0.25) is 0 Å². The Bertz CT molecular complexity index is 552. The van der Waals surface area contributed by atoms with Crippen molar-refractivity contribution in [2.24, 2.45) is 7.05 Å². The van der Waals surface area contributed by atoms with Crippen molar-refractivity contribution in [2.45, 2.75) is 38.1 Å². The molecule has 1 aliphatic rings. The van der Waals surface area contributed by atoms with Crippen LogP contribution < -0.4 is 5.32 Å². The van der Waals surface area contributed by atoms with Gasteiger partial charge in [0.25, 0.3) is 0 Å². The van der Waals surface area contributed by atoms with E-state index in [0.717, 1.165) is 12.5 Å².